The SMILES string of the molecule is O=C(NC1CCN(c2cc(-c3ccccc3)nc3ncnn23)CC1)c1ccsc1. The lowest BCUT2D eigenvalue weighted by atomic mass is 10.0. The fourth-order valence-electron chi connectivity index (χ4n) is 3.69. The zero-order chi connectivity index (χ0) is 19.6. The lowest BCUT2D eigenvalue weighted by molar-refractivity contribution is 0.0931. The molecule has 7 nitrogen and oxygen atoms in total. The number of amides is 1. The van der Waals surface area contributed by atoms with Crippen LogP contribution in [0.3, 0.4) is 0 Å². The third kappa shape index (κ3) is 3.58. The van der Waals surface area contributed by atoms with E-state index in [9.17, 15) is 4.79 Å². The summed E-state index contributed by atoms with van der Waals surface area (Å²) in [5.74, 6) is 1.59. The highest BCUT2D eigenvalue weighted by molar-refractivity contribution is 7.08. The molecule has 1 fully saturated rings. The number of thiophene rings is 1. The molecule has 3 aromatic heterocycles. The average Bonchev–Trinajstić information content (AvgIpc) is 3.46. The van der Waals surface area contributed by atoms with Crippen LogP contribution in [0.15, 0.2) is 59.6 Å². The quantitative estimate of drug-likeness (QED) is 0.565. The molecule has 0 atom stereocenters. The highest BCUT2D eigenvalue weighted by atomic mass is 32.1. The van der Waals surface area contributed by atoms with Crippen molar-refractivity contribution in [2.45, 2.75) is 18.9 Å². The van der Waals surface area contributed by atoms with E-state index in [4.69, 9.17) is 0 Å². The molecular weight excluding hydrogens is 384 g/mol. The lowest BCUT2D eigenvalue weighted by Gasteiger charge is -2.33. The maximum absolute atomic E-state index is 12.3. The number of hydrogen-bond donors (Lipinski definition) is 1. The molecule has 1 aliphatic heterocycles. The topological polar surface area (TPSA) is 75.4 Å². The molecule has 4 heterocycles. The molecule has 1 saturated heterocycles. The Kier molecular flexibility index (Phi) is 4.69. The molecule has 0 unspecified atom stereocenters. The molecule has 0 aliphatic carbocycles. The molecule has 1 aliphatic rings. The van der Waals surface area contributed by atoms with Crippen LogP contribution in [0.25, 0.3) is 17.0 Å². The molecule has 8 heteroatoms. The minimum absolute atomic E-state index is 0.0126. The van der Waals surface area contributed by atoms with E-state index in [1.165, 1.54) is 17.7 Å². The van der Waals surface area contributed by atoms with Gasteiger partial charge in [0, 0.05) is 41.7 Å². The monoisotopic (exact) mass is 404 g/mol. The van der Waals surface area contributed by atoms with Gasteiger partial charge in [-0.1, -0.05) is 30.3 Å². The number of rotatable bonds is 4. The van der Waals surface area contributed by atoms with Crippen molar-refractivity contribution in [3.63, 3.8) is 0 Å². The summed E-state index contributed by atoms with van der Waals surface area (Å²) < 4.78 is 1.79. The van der Waals surface area contributed by atoms with Gasteiger partial charge in [0.15, 0.2) is 0 Å². The number of fused-ring (bicyclic) bond motifs is 1. The number of anilines is 1. The fourth-order valence-corrected chi connectivity index (χ4v) is 4.33. The predicted octanol–water partition coefficient (Wildman–Crippen LogP) is 3.25. The van der Waals surface area contributed by atoms with E-state index in [2.05, 4.69) is 31.3 Å². The van der Waals surface area contributed by atoms with Crippen LogP contribution in [-0.4, -0.2) is 44.6 Å². The van der Waals surface area contributed by atoms with Gasteiger partial charge < -0.3 is 10.2 Å². The Morgan fingerprint density at radius 2 is 1.97 bits per heavy atom. The summed E-state index contributed by atoms with van der Waals surface area (Å²) >= 11 is 1.54. The van der Waals surface area contributed by atoms with Crippen molar-refractivity contribution in [3.05, 3.63) is 65.1 Å². The van der Waals surface area contributed by atoms with Crippen molar-refractivity contribution < 1.29 is 4.79 Å². The second-order valence-corrected chi connectivity index (χ2v) is 7.86. The molecular formula is C21H20N6OS. The Hall–Kier alpha value is -3.26. The molecule has 1 aromatic carbocycles. The number of benzene rings is 1. The zero-order valence-corrected chi connectivity index (χ0v) is 16.5. The first-order valence-electron chi connectivity index (χ1n) is 9.62. The van der Waals surface area contributed by atoms with Crippen molar-refractivity contribution in [1.29, 1.82) is 0 Å². The summed E-state index contributed by atoms with van der Waals surface area (Å²) in [5.41, 5.74) is 2.68. The second kappa shape index (κ2) is 7.63. The summed E-state index contributed by atoms with van der Waals surface area (Å²) in [6.45, 7) is 1.67. The van der Waals surface area contributed by atoms with E-state index in [1.54, 1.807) is 4.52 Å². The fraction of sp³-hybridized carbons (Fsp3) is 0.238. The second-order valence-electron chi connectivity index (χ2n) is 7.08. The Bertz CT molecular complexity index is 1120. The maximum Gasteiger partial charge on any atom is 0.254 e. The van der Waals surface area contributed by atoms with Crippen LogP contribution in [0.1, 0.15) is 23.2 Å². The highest BCUT2D eigenvalue weighted by Crippen LogP contribution is 2.26. The van der Waals surface area contributed by atoms with Gasteiger partial charge in [-0.05, 0) is 24.3 Å². The summed E-state index contributed by atoms with van der Waals surface area (Å²) in [5, 5.41) is 11.3. The molecule has 1 N–H and O–H groups in total. The normalized spacial score (nSPS) is 15.0. The van der Waals surface area contributed by atoms with Crippen LogP contribution in [0.5, 0.6) is 0 Å². The highest BCUT2D eigenvalue weighted by Gasteiger charge is 2.24. The van der Waals surface area contributed by atoms with E-state index >= 15 is 0 Å². The smallest absolute Gasteiger partial charge is 0.254 e. The Morgan fingerprint density at radius 3 is 2.72 bits per heavy atom. The van der Waals surface area contributed by atoms with Crippen LogP contribution in [0.4, 0.5) is 5.82 Å². The summed E-state index contributed by atoms with van der Waals surface area (Å²) in [7, 11) is 0. The summed E-state index contributed by atoms with van der Waals surface area (Å²) in [4.78, 5) is 23.6. The van der Waals surface area contributed by atoms with Crippen molar-refractivity contribution >= 4 is 28.8 Å². The first kappa shape index (κ1) is 17.8. The zero-order valence-electron chi connectivity index (χ0n) is 15.7. The number of carbonyl (C=O) groups excluding carboxylic acids is 1. The van der Waals surface area contributed by atoms with Crippen LogP contribution in [-0.2, 0) is 0 Å². The van der Waals surface area contributed by atoms with Crippen molar-refractivity contribution in [2.24, 2.45) is 0 Å². The molecule has 0 saturated carbocycles. The van der Waals surface area contributed by atoms with Gasteiger partial charge in [-0.15, -0.1) is 0 Å². The number of piperidine rings is 1. The van der Waals surface area contributed by atoms with E-state index in [-0.39, 0.29) is 11.9 Å². The first-order chi connectivity index (χ1) is 14.3. The number of nitrogens with zero attached hydrogens (tertiary/aromatic N) is 5. The maximum atomic E-state index is 12.3. The Morgan fingerprint density at radius 1 is 1.14 bits per heavy atom. The molecule has 146 valence electrons. The van der Waals surface area contributed by atoms with Gasteiger partial charge in [0.2, 0.25) is 0 Å². The van der Waals surface area contributed by atoms with E-state index in [0.717, 1.165) is 48.6 Å². The van der Waals surface area contributed by atoms with Crippen molar-refractivity contribution in [1.82, 2.24) is 24.9 Å². The first-order valence-corrected chi connectivity index (χ1v) is 10.6. The lowest BCUT2D eigenvalue weighted by Crippen LogP contribution is -2.45. The van der Waals surface area contributed by atoms with Crippen molar-refractivity contribution in [2.75, 3.05) is 18.0 Å². The Labute approximate surface area is 172 Å². The van der Waals surface area contributed by atoms with Gasteiger partial charge in [0.25, 0.3) is 11.7 Å². The molecule has 0 radical (unpaired) electrons. The van der Waals surface area contributed by atoms with Crippen LogP contribution >= 0.6 is 11.3 Å². The molecule has 4 aromatic rings. The van der Waals surface area contributed by atoms with Gasteiger partial charge in [0.1, 0.15) is 12.1 Å². The number of nitrogens with one attached hydrogen (secondary N) is 1. The van der Waals surface area contributed by atoms with Gasteiger partial charge in [-0.25, -0.2) is 4.98 Å². The molecule has 1 amide bonds. The molecule has 5 rings (SSSR count). The van der Waals surface area contributed by atoms with Crippen LogP contribution in [0.2, 0.25) is 0 Å². The standard InChI is InChI=1S/C21H20N6OS/c28-20(16-8-11-29-13-16)24-17-6-9-26(10-7-17)19-12-18(15-4-2-1-3-5-15)25-21-22-14-23-27(19)21/h1-5,8,11-14,17H,6-7,9-10H2,(H,24,28). The average molecular weight is 404 g/mol. The molecule has 0 spiro atoms. The number of aromatic nitrogens is 4. The van der Waals surface area contributed by atoms with Gasteiger partial charge >= 0.3 is 0 Å². The summed E-state index contributed by atoms with van der Waals surface area (Å²) in [6, 6.07) is 14.2. The Balaban J connectivity index is 1.35. The minimum Gasteiger partial charge on any atom is -0.356 e. The molecule has 0 bridgehead atoms. The van der Waals surface area contributed by atoms with Crippen molar-refractivity contribution in [3.8, 4) is 11.3 Å². The van der Waals surface area contributed by atoms with Gasteiger partial charge in [-0.3, -0.25) is 4.79 Å². The van der Waals surface area contributed by atoms with E-state index in [1.807, 2.05) is 47.2 Å². The van der Waals surface area contributed by atoms with E-state index < -0.39 is 0 Å². The van der Waals surface area contributed by atoms with E-state index in [0.29, 0.717) is 5.78 Å². The third-order valence-corrected chi connectivity index (χ3v) is 5.92. The molecule has 29 heavy (non-hydrogen) atoms. The van der Waals surface area contributed by atoms with Crippen LogP contribution in [0, 0.1) is 0 Å². The predicted molar refractivity (Wildman–Crippen MR) is 113 cm³/mol. The largest absolute Gasteiger partial charge is 0.356 e. The third-order valence-electron chi connectivity index (χ3n) is 5.24. The van der Waals surface area contributed by atoms with Gasteiger partial charge in [0.05, 0.1) is 5.69 Å². The van der Waals surface area contributed by atoms with Gasteiger partial charge in [-0.2, -0.15) is 25.9 Å². The number of hydrogen-bond acceptors (Lipinski definition) is 6. The number of carbonyl (C=O) groups is 1. The van der Waals surface area contributed by atoms with Crippen LogP contribution < -0.4 is 10.2 Å². The minimum atomic E-state index is 0.0126. The summed E-state index contributed by atoms with van der Waals surface area (Å²) in [6.07, 6.45) is 3.30.